The lowest BCUT2D eigenvalue weighted by molar-refractivity contribution is -0.137. The molecule has 1 aromatic rings. The average molecular weight is 334 g/mol. The summed E-state index contributed by atoms with van der Waals surface area (Å²) in [5.41, 5.74) is 0.415. The van der Waals surface area contributed by atoms with Crippen molar-refractivity contribution in [1.82, 2.24) is 9.80 Å². The van der Waals surface area contributed by atoms with E-state index in [9.17, 15) is 9.59 Å². The highest BCUT2D eigenvalue weighted by Crippen LogP contribution is 2.22. The Morgan fingerprint density at radius 3 is 2.19 bits per heavy atom. The molecule has 0 saturated heterocycles. The highest BCUT2D eigenvalue weighted by molar-refractivity contribution is 6.35. The van der Waals surface area contributed by atoms with E-state index in [1.807, 2.05) is 19.0 Å². The van der Waals surface area contributed by atoms with Crippen molar-refractivity contribution in [2.45, 2.75) is 0 Å². The van der Waals surface area contributed by atoms with Crippen LogP contribution in [0.5, 0.6) is 0 Å². The first-order valence-corrected chi connectivity index (χ1v) is 6.92. The number of hydrogen-bond acceptors (Lipinski definition) is 3. The first-order chi connectivity index (χ1) is 9.77. The highest BCUT2D eigenvalue weighted by atomic mass is 35.5. The van der Waals surface area contributed by atoms with E-state index >= 15 is 0 Å². The van der Waals surface area contributed by atoms with Gasteiger partial charge in [-0.3, -0.25) is 4.79 Å². The third-order valence-corrected chi connectivity index (χ3v) is 2.98. The average Bonchev–Trinajstić information content (AvgIpc) is 2.32. The number of benzene rings is 1. The fraction of sp³-hybridized carbons (Fsp3) is 0.385. The number of carboxylic acid groups (broad SMARTS) is 1. The van der Waals surface area contributed by atoms with Crippen molar-refractivity contribution in [2.24, 2.45) is 0 Å². The van der Waals surface area contributed by atoms with Gasteiger partial charge in [-0.15, -0.1) is 0 Å². The molecule has 0 saturated carbocycles. The van der Waals surface area contributed by atoms with E-state index in [1.165, 1.54) is 17.0 Å². The molecule has 0 fully saturated rings. The van der Waals surface area contributed by atoms with Crippen molar-refractivity contribution in [3.63, 3.8) is 0 Å². The van der Waals surface area contributed by atoms with Gasteiger partial charge < -0.3 is 20.2 Å². The SMILES string of the molecule is CN(C)CCN(CC(=O)O)C(=O)Nc1cc(Cl)cc(Cl)c1. The standard InChI is InChI=1S/C13H17Cl2N3O3/c1-17(2)3-4-18(8-12(19)20)13(21)16-11-6-9(14)5-10(15)7-11/h5-7H,3-4,8H2,1-2H3,(H,16,21)(H,19,20). The van der Waals surface area contributed by atoms with Crippen LogP contribution in [0.3, 0.4) is 0 Å². The first-order valence-electron chi connectivity index (χ1n) is 6.16. The number of amides is 2. The zero-order valence-corrected chi connectivity index (χ0v) is 13.3. The lowest BCUT2D eigenvalue weighted by Gasteiger charge is -2.23. The summed E-state index contributed by atoms with van der Waals surface area (Å²) in [6, 6.07) is 4.10. The Balaban J connectivity index is 2.76. The molecule has 0 aliphatic heterocycles. The van der Waals surface area contributed by atoms with Crippen LogP contribution in [0.2, 0.25) is 10.0 Å². The molecular weight excluding hydrogens is 317 g/mol. The largest absolute Gasteiger partial charge is 0.480 e. The van der Waals surface area contributed by atoms with Crippen LogP contribution < -0.4 is 5.32 Å². The molecule has 0 aliphatic rings. The monoisotopic (exact) mass is 333 g/mol. The van der Waals surface area contributed by atoms with Gasteiger partial charge in [0, 0.05) is 28.8 Å². The maximum absolute atomic E-state index is 12.1. The van der Waals surface area contributed by atoms with Crippen molar-refractivity contribution >= 4 is 40.9 Å². The van der Waals surface area contributed by atoms with E-state index < -0.39 is 12.0 Å². The number of hydrogen-bond donors (Lipinski definition) is 2. The fourth-order valence-electron chi connectivity index (χ4n) is 1.56. The molecule has 0 radical (unpaired) electrons. The van der Waals surface area contributed by atoms with Crippen LogP contribution in [-0.4, -0.2) is 60.6 Å². The lowest BCUT2D eigenvalue weighted by atomic mass is 10.3. The Bertz CT molecular complexity index is 503. The van der Waals surface area contributed by atoms with Crippen LogP contribution in [-0.2, 0) is 4.79 Å². The molecule has 1 rings (SSSR count). The van der Waals surface area contributed by atoms with Crippen LogP contribution >= 0.6 is 23.2 Å². The molecule has 0 heterocycles. The number of likely N-dealkylation sites (N-methyl/N-ethyl adjacent to an activating group) is 1. The van der Waals surface area contributed by atoms with Gasteiger partial charge in [0.15, 0.2) is 0 Å². The maximum Gasteiger partial charge on any atom is 0.323 e. The van der Waals surface area contributed by atoms with Gasteiger partial charge in [-0.2, -0.15) is 0 Å². The molecule has 116 valence electrons. The zero-order chi connectivity index (χ0) is 16.0. The predicted octanol–water partition coefficient (Wildman–Crippen LogP) is 2.47. The van der Waals surface area contributed by atoms with E-state index in [0.717, 1.165) is 0 Å². The first kappa shape index (κ1) is 17.6. The van der Waals surface area contributed by atoms with Crippen molar-refractivity contribution in [3.8, 4) is 0 Å². The van der Waals surface area contributed by atoms with Crippen LogP contribution in [0.4, 0.5) is 10.5 Å². The fourth-order valence-corrected chi connectivity index (χ4v) is 2.09. The summed E-state index contributed by atoms with van der Waals surface area (Å²) in [4.78, 5) is 26.0. The minimum Gasteiger partial charge on any atom is -0.480 e. The molecule has 2 amide bonds. The molecule has 1 aromatic carbocycles. The van der Waals surface area contributed by atoms with Gasteiger partial charge in [0.05, 0.1) is 0 Å². The van der Waals surface area contributed by atoms with Gasteiger partial charge in [-0.1, -0.05) is 23.2 Å². The van der Waals surface area contributed by atoms with E-state index in [4.69, 9.17) is 28.3 Å². The number of urea groups is 1. The minimum atomic E-state index is -1.08. The molecule has 0 unspecified atom stereocenters. The van der Waals surface area contributed by atoms with Crippen molar-refractivity contribution in [2.75, 3.05) is 39.0 Å². The number of rotatable bonds is 6. The molecule has 0 atom stereocenters. The Hall–Kier alpha value is -1.50. The summed E-state index contributed by atoms with van der Waals surface area (Å²) >= 11 is 11.7. The number of nitrogens with one attached hydrogen (secondary N) is 1. The van der Waals surface area contributed by atoms with Gasteiger partial charge in [-0.25, -0.2) is 4.79 Å². The van der Waals surface area contributed by atoms with E-state index in [1.54, 1.807) is 6.07 Å². The number of nitrogens with zero attached hydrogens (tertiary/aromatic N) is 2. The molecule has 2 N–H and O–H groups in total. The van der Waals surface area contributed by atoms with Crippen LogP contribution in [0.25, 0.3) is 0 Å². The Morgan fingerprint density at radius 2 is 1.71 bits per heavy atom. The van der Waals surface area contributed by atoms with Crippen LogP contribution in [0.15, 0.2) is 18.2 Å². The van der Waals surface area contributed by atoms with Gasteiger partial charge in [0.2, 0.25) is 0 Å². The number of carbonyl (C=O) groups excluding carboxylic acids is 1. The summed E-state index contributed by atoms with van der Waals surface area (Å²) < 4.78 is 0. The van der Waals surface area contributed by atoms with Gasteiger partial charge in [-0.05, 0) is 32.3 Å². The Morgan fingerprint density at radius 1 is 1.14 bits per heavy atom. The van der Waals surface area contributed by atoms with E-state index in [0.29, 0.717) is 28.8 Å². The van der Waals surface area contributed by atoms with E-state index in [2.05, 4.69) is 5.32 Å². The lowest BCUT2D eigenvalue weighted by Crippen LogP contribution is -2.42. The highest BCUT2D eigenvalue weighted by Gasteiger charge is 2.17. The second-order valence-electron chi connectivity index (χ2n) is 4.71. The summed E-state index contributed by atoms with van der Waals surface area (Å²) in [6.45, 7) is 0.463. The number of halogens is 2. The second kappa shape index (κ2) is 8.07. The zero-order valence-electron chi connectivity index (χ0n) is 11.8. The number of carbonyl (C=O) groups is 2. The summed E-state index contributed by atoms with van der Waals surface area (Å²) in [7, 11) is 3.68. The Labute approximate surface area is 133 Å². The molecular formula is C13H17Cl2N3O3. The van der Waals surface area contributed by atoms with Crippen LogP contribution in [0, 0.1) is 0 Å². The van der Waals surface area contributed by atoms with Crippen molar-refractivity contribution in [1.29, 1.82) is 0 Å². The Kier molecular flexibility index (Phi) is 6.74. The van der Waals surface area contributed by atoms with E-state index in [-0.39, 0.29) is 6.54 Å². The quantitative estimate of drug-likeness (QED) is 0.838. The predicted molar refractivity (Wildman–Crippen MR) is 83.2 cm³/mol. The van der Waals surface area contributed by atoms with Gasteiger partial charge >= 0.3 is 12.0 Å². The maximum atomic E-state index is 12.1. The smallest absolute Gasteiger partial charge is 0.323 e. The van der Waals surface area contributed by atoms with Crippen LogP contribution in [0.1, 0.15) is 0 Å². The summed E-state index contributed by atoms with van der Waals surface area (Å²) in [5, 5.41) is 12.2. The number of aliphatic carboxylic acids is 1. The molecule has 6 nitrogen and oxygen atoms in total. The summed E-state index contributed by atoms with van der Waals surface area (Å²) in [5.74, 6) is -1.08. The molecule has 0 aromatic heterocycles. The number of anilines is 1. The molecule has 0 aliphatic carbocycles. The topological polar surface area (TPSA) is 72.9 Å². The van der Waals surface area contributed by atoms with Gasteiger partial charge in [0.25, 0.3) is 0 Å². The summed E-state index contributed by atoms with van der Waals surface area (Å²) in [6.07, 6.45) is 0. The second-order valence-corrected chi connectivity index (χ2v) is 5.58. The minimum absolute atomic E-state index is 0.291. The number of carboxylic acids is 1. The molecule has 21 heavy (non-hydrogen) atoms. The van der Waals surface area contributed by atoms with Gasteiger partial charge in [0.1, 0.15) is 6.54 Å². The molecule has 8 heteroatoms. The van der Waals surface area contributed by atoms with Crippen molar-refractivity contribution in [3.05, 3.63) is 28.2 Å². The normalized spacial score (nSPS) is 10.5. The molecule has 0 spiro atoms. The van der Waals surface area contributed by atoms with Crippen molar-refractivity contribution < 1.29 is 14.7 Å². The third kappa shape index (κ3) is 6.66. The molecule has 0 bridgehead atoms. The third-order valence-electron chi connectivity index (χ3n) is 2.54.